The Balaban J connectivity index is 1.91. The van der Waals surface area contributed by atoms with Crippen molar-refractivity contribution in [1.29, 1.82) is 0 Å². The molecule has 2 aliphatic carbocycles. The fourth-order valence-corrected chi connectivity index (χ4v) is 4.18. The molecule has 0 N–H and O–H groups in total. The fraction of sp³-hybridized carbons (Fsp3) is 0.857. The average Bonchev–Trinajstić information content (AvgIpc) is 2.99. The molecule has 3 aliphatic rings. The maximum absolute atomic E-state index is 12.6. The number of likely N-dealkylation sites (tertiary alicyclic amines) is 1. The van der Waals surface area contributed by atoms with Crippen LogP contribution in [0.15, 0.2) is 0 Å². The van der Waals surface area contributed by atoms with E-state index in [0.717, 1.165) is 45.2 Å². The smallest absolute Gasteiger partial charge is 0.236 e. The van der Waals surface area contributed by atoms with Crippen molar-refractivity contribution in [2.24, 2.45) is 16.7 Å². The van der Waals surface area contributed by atoms with Gasteiger partial charge >= 0.3 is 0 Å². The van der Waals surface area contributed by atoms with Crippen LogP contribution in [0.25, 0.3) is 0 Å². The lowest BCUT2D eigenvalue weighted by Gasteiger charge is -2.34. The zero-order valence-electron chi connectivity index (χ0n) is 10.8. The first-order valence-electron chi connectivity index (χ1n) is 6.83. The van der Waals surface area contributed by atoms with E-state index in [0.29, 0.717) is 5.92 Å². The number of ketones is 1. The quantitative estimate of drug-likeness (QED) is 0.652. The minimum absolute atomic E-state index is 0.146. The van der Waals surface area contributed by atoms with Crippen molar-refractivity contribution >= 4 is 11.7 Å². The lowest BCUT2D eigenvalue weighted by atomic mass is 9.70. The second-order valence-electron chi connectivity index (χ2n) is 6.57. The molecule has 94 valence electrons. The molecule has 2 atom stereocenters. The van der Waals surface area contributed by atoms with Crippen molar-refractivity contribution in [2.45, 2.75) is 46.0 Å². The highest BCUT2D eigenvalue weighted by molar-refractivity contribution is 6.10. The first-order valence-corrected chi connectivity index (χ1v) is 6.83. The van der Waals surface area contributed by atoms with Gasteiger partial charge < -0.3 is 4.90 Å². The van der Waals surface area contributed by atoms with Gasteiger partial charge in [0.25, 0.3) is 0 Å². The summed E-state index contributed by atoms with van der Waals surface area (Å²) in [7, 11) is 0. The highest BCUT2D eigenvalue weighted by atomic mass is 16.2. The largest absolute Gasteiger partial charge is 0.342 e. The van der Waals surface area contributed by atoms with Crippen LogP contribution >= 0.6 is 0 Å². The molecule has 1 saturated heterocycles. The topological polar surface area (TPSA) is 37.4 Å². The first-order chi connectivity index (χ1) is 7.98. The summed E-state index contributed by atoms with van der Waals surface area (Å²) in [4.78, 5) is 27.1. The Morgan fingerprint density at radius 3 is 2.47 bits per heavy atom. The molecule has 1 aliphatic heterocycles. The Morgan fingerprint density at radius 2 is 1.94 bits per heavy atom. The number of hydrogen-bond donors (Lipinski definition) is 0. The molecule has 1 amide bonds. The Hall–Kier alpha value is -0.860. The van der Waals surface area contributed by atoms with Crippen LogP contribution in [0.4, 0.5) is 0 Å². The van der Waals surface area contributed by atoms with E-state index in [9.17, 15) is 9.59 Å². The third-order valence-corrected chi connectivity index (χ3v) is 5.36. The molecule has 2 unspecified atom stereocenters. The predicted octanol–water partition coefficient (Wildman–Crippen LogP) is 2.00. The first kappa shape index (κ1) is 11.2. The van der Waals surface area contributed by atoms with Gasteiger partial charge in [-0.3, -0.25) is 9.59 Å². The lowest BCUT2D eigenvalue weighted by molar-refractivity contribution is -0.150. The molecule has 17 heavy (non-hydrogen) atoms. The Kier molecular flexibility index (Phi) is 2.20. The SMILES string of the molecule is CC1(C)C(=O)C2(C(=O)N3CCCC3)CCC1C2. The summed E-state index contributed by atoms with van der Waals surface area (Å²) in [6.45, 7) is 5.77. The van der Waals surface area contributed by atoms with E-state index in [1.807, 2.05) is 18.7 Å². The molecule has 0 aromatic rings. The zero-order chi connectivity index (χ0) is 12.3. The maximum atomic E-state index is 12.6. The Morgan fingerprint density at radius 1 is 1.29 bits per heavy atom. The molecule has 3 fully saturated rings. The van der Waals surface area contributed by atoms with Crippen LogP contribution in [0, 0.1) is 16.7 Å². The van der Waals surface area contributed by atoms with E-state index in [1.165, 1.54) is 0 Å². The van der Waals surface area contributed by atoms with Crippen LogP contribution < -0.4 is 0 Å². The molecular weight excluding hydrogens is 214 g/mol. The van der Waals surface area contributed by atoms with Gasteiger partial charge in [-0.2, -0.15) is 0 Å². The van der Waals surface area contributed by atoms with E-state index >= 15 is 0 Å². The number of carbonyl (C=O) groups is 2. The van der Waals surface area contributed by atoms with Gasteiger partial charge in [-0.15, -0.1) is 0 Å². The molecule has 1 heterocycles. The number of hydrogen-bond acceptors (Lipinski definition) is 2. The Bertz CT molecular complexity index is 382. The van der Waals surface area contributed by atoms with Crippen molar-refractivity contribution in [3.05, 3.63) is 0 Å². The summed E-state index contributed by atoms with van der Waals surface area (Å²) in [5.74, 6) is 0.799. The summed E-state index contributed by atoms with van der Waals surface area (Å²) >= 11 is 0. The van der Waals surface area contributed by atoms with Crippen molar-refractivity contribution < 1.29 is 9.59 Å². The van der Waals surface area contributed by atoms with Gasteiger partial charge in [-0.25, -0.2) is 0 Å². The number of carbonyl (C=O) groups excluding carboxylic acids is 2. The summed E-state index contributed by atoms with van der Waals surface area (Å²) in [6, 6.07) is 0. The van der Waals surface area contributed by atoms with E-state index < -0.39 is 5.41 Å². The van der Waals surface area contributed by atoms with Gasteiger partial charge in [0.2, 0.25) is 5.91 Å². The third-order valence-electron chi connectivity index (χ3n) is 5.36. The third kappa shape index (κ3) is 1.28. The molecular formula is C14H21NO2. The predicted molar refractivity (Wildman–Crippen MR) is 64.4 cm³/mol. The highest BCUT2D eigenvalue weighted by Crippen LogP contribution is 2.60. The van der Waals surface area contributed by atoms with Crippen LogP contribution in [0.1, 0.15) is 46.0 Å². The molecule has 2 bridgehead atoms. The second kappa shape index (κ2) is 3.33. The van der Waals surface area contributed by atoms with Crippen molar-refractivity contribution in [1.82, 2.24) is 4.90 Å². The van der Waals surface area contributed by atoms with Gasteiger partial charge in [-0.1, -0.05) is 13.8 Å². The number of amides is 1. The van der Waals surface area contributed by atoms with Crippen LogP contribution in [-0.2, 0) is 9.59 Å². The lowest BCUT2D eigenvalue weighted by Crippen LogP contribution is -2.48. The minimum Gasteiger partial charge on any atom is -0.342 e. The summed E-state index contributed by atoms with van der Waals surface area (Å²) in [5, 5.41) is 0. The van der Waals surface area contributed by atoms with E-state index in [4.69, 9.17) is 0 Å². The van der Waals surface area contributed by atoms with E-state index in [-0.39, 0.29) is 17.1 Å². The van der Waals surface area contributed by atoms with Crippen molar-refractivity contribution in [3.8, 4) is 0 Å². The number of Topliss-reactive ketones (excluding diaryl/α,β-unsaturated/α-hetero) is 1. The van der Waals surface area contributed by atoms with Gasteiger partial charge in [0.1, 0.15) is 5.41 Å². The molecule has 0 aromatic carbocycles. The number of rotatable bonds is 1. The van der Waals surface area contributed by atoms with Crippen molar-refractivity contribution in [3.63, 3.8) is 0 Å². The minimum atomic E-state index is -0.626. The fourth-order valence-electron chi connectivity index (χ4n) is 4.18. The summed E-state index contributed by atoms with van der Waals surface area (Å²) < 4.78 is 0. The van der Waals surface area contributed by atoms with Gasteiger partial charge in [0.05, 0.1) is 0 Å². The van der Waals surface area contributed by atoms with Crippen molar-refractivity contribution in [2.75, 3.05) is 13.1 Å². The summed E-state index contributed by atoms with van der Waals surface area (Å²) in [6.07, 6.45) is 4.87. The van der Waals surface area contributed by atoms with E-state index in [1.54, 1.807) is 0 Å². The van der Waals surface area contributed by atoms with Crippen LogP contribution in [-0.4, -0.2) is 29.7 Å². The molecule has 3 heteroatoms. The zero-order valence-corrected chi connectivity index (χ0v) is 10.8. The van der Waals surface area contributed by atoms with Gasteiger partial charge in [0.15, 0.2) is 5.78 Å². The number of fused-ring (bicyclic) bond motifs is 2. The monoisotopic (exact) mass is 235 g/mol. The van der Waals surface area contributed by atoms with Crippen LogP contribution in [0.5, 0.6) is 0 Å². The second-order valence-corrected chi connectivity index (χ2v) is 6.57. The number of nitrogens with zero attached hydrogens (tertiary/aromatic N) is 1. The molecule has 0 aromatic heterocycles. The van der Waals surface area contributed by atoms with Gasteiger partial charge in [0, 0.05) is 18.5 Å². The molecule has 3 rings (SSSR count). The van der Waals surface area contributed by atoms with Crippen LogP contribution in [0.2, 0.25) is 0 Å². The standard InChI is InChI=1S/C14H21NO2/c1-13(2)10-5-6-14(9-10,11(13)16)12(17)15-7-3-4-8-15/h10H,3-9H2,1-2H3. The highest BCUT2D eigenvalue weighted by Gasteiger charge is 2.65. The molecule has 0 radical (unpaired) electrons. The Labute approximate surface area is 103 Å². The van der Waals surface area contributed by atoms with Gasteiger partial charge in [-0.05, 0) is 38.0 Å². The molecule has 2 saturated carbocycles. The molecule has 3 nitrogen and oxygen atoms in total. The maximum Gasteiger partial charge on any atom is 0.236 e. The molecule has 0 spiro atoms. The summed E-state index contributed by atoms with van der Waals surface area (Å²) in [5.41, 5.74) is -0.897. The van der Waals surface area contributed by atoms with Crippen LogP contribution in [0.3, 0.4) is 0 Å². The normalized spacial score (nSPS) is 39.1. The average molecular weight is 235 g/mol. The van der Waals surface area contributed by atoms with E-state index in [2.05, 4.69) is 0 Å².